The van der Waals surface area contributed by atoms with Gasteiger partial charge in [-0.05, 0) is 56.2 Å². The van der Waals surface area contributed by atoms with Crippen molar-refractivity contribution in [2.75, 3.05) is 5.32 Å². The minimum absolute atomic E-state index is 0.413. The van der Waals surface area contributed by atoms with Gasteiger partial charge >= 0.3 is 0 Å². The average Bonchev–Trinajstić information content (AvgIpc) is 2.93. The van der Waals surface area contributed by atoms with Crippen LogP contribution in [0.2, 0.25) is 0 Å². The maximum atomic E-state index is 6.08. The van der Waals surface area contributed by atoms with E-state index in [0.29, 0.717) is 12.5 Å². The minimum Gasteiger partial charge on any atom is -0.443 e. The van der Waals surface area contributed by atoms with E-state index in [1.54, 1.807) is 0 Å². The van der Waals surface area contributed by atoms with E-state index < -0.39 is 0 Å². The summed E-state index contributed by atoms with van der Waals surface area (Å²) in [7, 11) is 0. The number of anilines is 1. The number of hydrogen-bond acceptors (Lipinski definition) is 3. The van der Waals surface area contributed by atoms with E-state index >= 15 is 0 Å². The molecule has 0 unspecified atom stereocenters. The molecule has 1 aromatic carbocycles. The Kier molecular flexibility index (Phi) is 5.18. The molecule has 1 aliphatic rings. The second kappa shape index (κ2) is 7.51. The van der Waals surface area contributed by atoms with Crippen molar-refractivity contribution in [3.8, 4) is 0 Å². The predicted molar refractivity (Wildman–Crippen MR) is 97.3 cm³/mol. The molecule has 0 bridgehead atoms. The zero-order valence-corrected chi connectivity index (χ0v) is 14.6. The first kappa shape index (κ1) is 16.6. The van der Waals surface area contributed by atoms with Crippen molar-refractivity contribution < 1.29 is 4.42 Å². The maximum absolute atomic E-state index is 6.08. The quantitative estimate of drug-likeness (QED) is 0.648. The van der Waals surface area contributed by atoms with E-state index in [1.165, 1.54) is 24.0 Å². The molecule has 2 aromatic rings. The molecule has 0 saturated heterocycles. The fraction of sp³-hybridized carbons (Fsp3) is 0.474. The van der Waals surface area contributed by atoms with Crippen LogP contribution < -0.4 is 11.1 Å². The lowest BCUT2D eigenvalue weighted by molar-refractivity contribution is 0.453. The number of aryl methyl sites for hydroxylation is 3. The van der Waals surface area contributed by atoms with E-state index in [2.05, 4.69) is 40.4 Å². The van der Waals surface area contributed by atoms with Crippen LogP contribution in [-0.2, 0) is 25.8 Å². The van der Waals surface area contributed by atoms with Crippen LogP contribution in [0.25, 0.3) is 0 Å². The first-order valence-electron chi connectivity index (χ1n) is 8.80. The lowest BCUT2D eigenvalue weighted by Crippen LogP contribution is -2.24. The molecule has 3 N–H and O–H groups in total. The Morgan fingerprint density at radius 2 is 2.17 bits per heavy atom. The van der Waals surface area contributed by atoms with Crippen molar-refractivity contribution in [3.05, 3.63) is 46.7 Å². The Bertz CT molecular complexity index is 733. The van der Waals surface area contributed by atoms with Crippen LogP contribution in [0.1, 0.15) is 54.7 Å². The van der Waals surface area contributed by atoms with Gasteiger partial charge in [0, 0.05) is 12.1 Å². The smallest absolute Gasteiger partial charge is 0.194 e. The van der Waals surface area contributed by atoms with Gasteiger partial charge in [0.2, 0.25) is 0 Å². The van der Waals surface area contributed by atoms with Gasteiger partial charge in [-0.3, -0.25) is 0 Å². The fourth-order valence-corrected chi connectivity index (χ4v) is 3.19. The predicted octanol–water partition coefficient (Wildman–Crippen LogP) is 3.74. The Hall–Kier alpha value is -2.30. The summed E-state index contributed by atoms with van der Waals surface area (Å²) in [5, 5.41) is 3.26. The summed E-state index contributed by atoms with van der Waals surface area (Å²) < 4.78 is 5.74. The van der Waals surface area contributed by atoms with Gasteiger partial charge in [0.25, 0.3) is 0 Å². The first-order valence-corrected chi connectivity index (χ1v) is 8.80. The van der Waals surface area contributed by atoms with Gasteiger partial charge in [-0.2, -0.15) is 0 Å². The van der Waals surface area contributed by atoms with Gasteiger partial charge in [-0.25, -0.2) is 9.98 Å². The van der Waals surface area contributed by atoms with Crippen molar-refractivity contribution in [1.82, 2.24) is 4.98 Å². The van der Waals surface area contributed by atoms with E-state index in [0.717, 1.165) is 48.7 Å². The number of hydrogen-bond donors (Lipinski definition) is 2. The van der Waals surface area contributed by atoms with Crippen molar-refractivity contribution in [1.29, 1.82) is 0 Å². The number of fused-ring (bicyclic) bond motifs is 1. The summed E-state index contributed by atoms with van der Waals surface area (Å²) in [6, 6.07) is 6.36. The van der Waals surface area contributed by atoms with Crippen LogP contribution in [0.4, 0.5) is 5.69 Å². The van der Waals surface area contributed by atoms with E-state index in [4.69, 9.17) is 10.2 Å². The van der Waals surface area contributed by atoms with Crippen molar-refractivity contribution >= 4 is 11.6 Å². The molecule has 1 aromatic heterocycles. The summed E-state index contributed by atoms with van der Waals surface area (Å²) in [4.78, 5) is 8.85. The third-order valence-corrected chi connectivity index (χ3v) is 4.45. The van der Waals surface area contributed by atoms with Gasteiger partial charge in [-0.1, -0.05) is 19.1 Å². The lowest BCUT2D eigenvalue weighted by Gasteiger charge is -2.19. The van der Waals surface area contributed by atoms with E-state index in [9.17, 15) is 0 Å². The summed E-state index contributed by atoms with van der Waals surface area (Å²) in [6.07, 6.45) is 6.64. The third kappa shape index (κ3) is 3.78. The summed E-state index contributed by atoms with van der Waals surface area (Å²) in [5.41, 5.74) is 10.9. The number of guanidine groups is 1. The number of aromatic nitrogens is 1. The number of nitrogens with one attached hydrogen (secondary N) is 1. The lowest BCUT2D eigenvalue weighted by atomic mass is 9.90. The number of nitrogens with two attached hydrogens (primary N) is 1. The normalized spacial score (nSPS) is 14.5. The Morgan fingerprint density at radius 3 is 3.00 bits per heavy atom. The molecule has 5 nitrogen and oxygen atoms in total. The highest BCUT2D eigenvalue weighted by Gasteiger charge is 2.13. The molecule has 0 fully saturated rings. The molecular weight excluding hydrogens is 300 g/mol. The van der Waals surface area contributed by atoms with Crippen LogP contribution in [0.3, 0.4) is 0 Å². The topological polar surface area (TPSA) is 76.4 Å². The molecule has 24 heavy (non-hydrogen) atoms. The SMILES string of the molecule is CCCc1nc(C)c(CN=C(N)Nc2cccc3c2CCCC3)o1. The molecule has 128 valence electrons. The third-order valence-electron chi connectivity index (χ3n) is 4.45. The largest absolute Gasteiger partial charge is 0.443 e. The highest BCUT2D eigenvalue weighted by Crippen LogP contribution is 2.27. The summed E-state index contributed by atoms with van der Waals surface area (Å²) >= 11 is 0. The number of rotatable bonds is 5. The number of aliphatic imine (C=N–C) groups is 1. The van der Waals surface area contributed by atoms with Crippen molar-refractivity contribution in [2.45, 2.75) is 58.9 Å². The molecule has 0 atom stereocenters. The molecule has 0 radical (unpaired) electrons. The van der Waals surface area contributed by atoms with Crippen molar-refractivity contribution in [2.24, 2.45) is 10.7 Å². The van der Waals surface area contributed by atoms with Crippen LogP contribution >= 0.6 is 0 Å². The standard InChI is InChI=1S/C19H26N4O/c1-3-7-18-22-13(2)17(24-18)12-21-19(20)23-16-11-6-9-14-8-4-5-10-15(14)16/h6,9,11H,3-5,7-8,10,12H2,1-2H3,(H3,20,21,23). The molecule has 1 heterocycles. The zero-order chi connectivity index (χ0) is 16.9. The van der Waals surface area contributed by atoms with Crippen LogP contribution in [0.5, 0.6) is 0 Å². The van der Waals surface area contributed by atoms with Gasteiger partial charge < -0.3 is 15.5 Å². The molecule has 0 aliphatic heterocycles. The molecule has 0 spiro atoms. The number of oxazole rings is 1. The number of benzene rings is 1. The summed E-state index contributed by atoms with van der Waals surface area (Å²) in [6.45, 7) is 4.47. The maximum Gasteiger partial charge on any atom is 0.194 e. The van der Waals surface area contributed by atoms with Gasteiger partial charge in [0.05, 0.1) is 5.69 Å². The minimum atomic E-state index is 0.413. The highest BCUT2D eigenvalue weighted by molar-refractivity contribution is 5.93. The van der Waals surface area contributed by atoms with Crippen LogP contribution in [0.15, 0.2) is 27.6 Å². The average molecular weight is 326 g/mol. The zero-order valence-electron chi connectivity index (χ0n) is 14.6. The molecule has 0 saturated carbocycles. The summed E-state index contributed by atoms with van der Waals surface area (Å²) in [5.74, 6) is 1.99. The van der Waals surface area contributed by atoms with Gasteiger partial charge in [-0.15, -0.1) is 0 Å². The van der Waals surface area contributed by atoms with Gasteiger partial charge in [0.15, 0.2) is 11.9 Å². The Labute approximate surface area is 143 Å². The monoisotopic (exact) mass is 326 g/mol. The number of nitrogens with zero attached hydrogens (tertiary/aromatic N) is 2. The van der Waals surface area contributed by atoms with Gasteiger partial charge in [0.1, 0.15) is 12.3 Å². The Balaban J connectivity index is 1.69. The molecule has 0 amide bonds. The second-order valence-electron chi connectivity index (χ2n) is 6.34. The molecule has 1 aliphatic carbocycles. The van der Waals surface area contributed by atoms with Crippen LogP contribution in [0, 0.1) is 6.92 Å². The van der Waals surface area contributed by atoms with Crippen molar-refractivity contribution in [3.63, 3.8) is 0 Å². The van der Waals surface area contributed by atoms with Crippen LogP contribution in [-0.4, -0.2) is 10.9 Å². The van der Waals surface area contributed by atoms with E-state index in [1.807, 2.05) is 6.92 Å². The molecule has 5 heteroatoms. The molecule has 3 rings (SSSR count). The molecular formula is C19H26N4O. The first-order chi connectivity index (χ1) is 11.7. The second-order valence-corrected chi connectivity index (χ2v) is 6.34. The Morgan fingerprint density at radius 1 is 1.33 bits per heavy atom. The van der Waals surface area contributed by atoms with E-state index in [-0.39, 0.29) is 0 Å². The fourth-order valence-electron chi connectivity index (χ4n) is 3.19. The highest BCUT2D eigenvalue weighted by atomic mass is 16.4.